The highest BCUT2D eigenvalue weighted by Crippen LogP contribution is 2.19. The molecule has 1 N–H and O–H groups in total. The van der Waals surface area contributed by atoms with Crippen LogP contribution >= 0.6 is 0 Å². The summed E-state index contributed by atoms with van der Waals surface area (Å²) in [6.45, 7) is 3.29. The fourth-order valence-corrected chi connectivity index (χ4v) is 3.81. The number of hydrogen-bond acceptors (Lipinski definition) is 7. The van der Waals surface area contributed by atoms with Crippen molar-refractivity contribution in [1.29, 1.82) is 0 Å². The first kappa shape index (κ1) is 21.5. The summed E-state index contributed by atoms with van der Waals surface area (Å²) in [5, 5.41) is 9.86. The van der Waals surface area contributed by atoms with E-state index in [2.05, 4.69) is 15.5 Å². The lowest BCUT2D eigenvalue weighted by Gasteiger charge is -2.08. The number of hydrogen-bond donors (Lipinski definition) is 1. The van der Waals surface area contributed by atoms with Crippen LogP contribution in [0.4, 0.5) is 6.01 Å². The monoisotopic (exact) mass is 429 g/mol. The van der Waals surface area contributed by atoms with Gasteiger partial charge in [-0.15, -0.1) is 5.10 Å². The maximum atomic E-state index is 12.2. The van der Waals surface area contributed by atoms with Gasteiger partial charge in [0.2, 0.25) is 11.8 Å². The van der Waals surface area contributed by atoms with E-state index in [1.165, 1.54) is 0 Å². The van der Waals surface area contributed by atoms with Gasteiger partial charge in [-0.05, 0) is 49.2 Å². The van der Waals surface area contributed by atoms with Gasteiger partial charge in [-0.1, -0.05) is 29.4 Å². The van der Waals surface area contributed by atoms with Gasteiger partial charge in [-0.25, -0.2) is 8.42 Å². The van der Waals surface area contributed by atoms with E-state index in [0.717, 1.165) is 11.1 Å². The number of ether oxygens (including phenoxy) is 1. The van der Waals surface area contributed by atoms with E-state index in [1.54, 1.807) is 57.4 Å². The predicted octanol–water partition coefficient (Wildman–Crippen LogP) is 3.03. The molecule has 9 heteroatoms. The average Bonchev–Trinajstić information content (AvgIpc) is 3.14. The van der Waals surface area contributed by atoms with Crippen molar-refractivity contribution in [3.05, 3.63) is 65.5 Å². The number of sulfone groups is 1. The van der Waals surface area contributed by atoms with Gasteiger partial charge in [0.15, 0.2) is 9.84 Å². The molecule has 0 atom stereocenters. The molecular formula is C21H23N3O5S. The SMILES string of the molecule is COc1cccc(CC(=O)Nc2nnc(Cc3ccc(S(=O)(=O)C(C)C)cc3)o2)c1. The first-order valence-corrected chi connectivity index (χ1v) is 10.9. The van der Waals surface area contributed by atoms with Gasteiger partial charge >= 0.3 is 6.01 Å². The number of anilines is 1. The Morgan fingerprint density at radius 3 is 2.50 bits per heavy atom. The average molecular weight is 429 g/mol. The van der Waals surface area contributed by atoms with Crippen LogP contribution in [0.2, 0.25) is 0 Å². The molecule has 0 saturated carbocycles. The van der Waals surface area contributed by atoms with Crippen molar-refractivity contribution in [1.82, 2.24) is 10.2 Å². The molecule has 2 aromatic carbocycles. The second-order valence-corrected chi connectivity index (χ2v) is 9.50. The van der Waals surface area contributed by atoms with Crippen LogP contribution in [0.15, 0.2) is 57.8 Å². The summed E-state index contributed by atoms with van der Waals surface area (Å²) < 4.78 is 35.0. The minimum Gasteiger partial charge on any atom is -0.497 e. The first-order chi connectivity index (χ1) is 14.3. The normalized spacial score (nSPS) is 11.5. The lowest BCUT2D eigenvalue weighted by molar-refractivity contribution is -0.115. The van der Waals surface area contributed by atoms with Crippen LogP contribution in [-0.4, -0.2) is 36.9 Å². The zero-order chi connectivity index (χ0) is 21.7. The molecule has 0 radical (unpaired) electrons. The second-order valence-electron chi connectivity index (χ2n) is 6.99. The van der Waals surface area contributed by atoms with Crippen molar-refractivity contribution in [3.8, 4) is 5.75 Å². The maximum absolute atomic E-state index is 12.2. The molecule has 1 aromatic heterocycles. The Morgan fingerprint density at radius 1 is 1.10 bits per heavy atom. The third-order valence-electron chi connectivity index (χ3n) is 4.44. The highest BCUT2D eigenvalue weighted by Gasteiger charge is 2.19. The number of amides is 1. The maximum Gasteiger partial charge on any atom is 0.322 e. The van der Waals surface area contributed by atoms with E-state index >= 15 is 0 Å². The molecule has 8 nitrogen and oxygen atoms in total. The van der Waals surface area contributed by atoms with Gasteiger partial charge in [0.1, 0.15) is 5.75 Å². The molecular weight excluding hydrogens is 406 g/mol. The van der Waals surface area contributed by atoms with Crippen LogP contribution < -0.4 is 10.1 Å². The van der Waals surface area contributed by atoms with Crippen LogP contribution in [-0.2, 0) is 27.5 Å². The summed E-state index contributed by atoms with van der Waals surface area (Å²) in [6.07, 6.45) is 0.460. The van der Waals surface area contributed by atoms with E-state index in [4.69, 9.17) is 9.15 Å². The van der Waals surface area contributed by atoms with E-state index in [0.29, 0.717) is 18.1 Å². The minimum atomic E-state index is -3.31. The molecule has 1 heterocycles. The largest absolute Gasteiger partial charge is 0.497 e. The smallest absolute Gasteiger partial charge is 0.322 e. The van der Waals surface area contributed by atoms with Crippen LogP contribution in [0.5, 0.6) is 5.75 Å². The Labute approximate surface area is 175 Å². The van der Waals surface area contributed by atoms with Gasteiger partial charge in [-0.2, -0.15) is 0 Å². The minimum absolute atomic E-state index is 0.0110. The van der Waals surface area contributed by atoms with Gasteiger partial charge in [0.05, 0.1) is 30.1 Å². The summed E-state index contributed by atoms with van der Waals surface area (Å²) >= 11 is 0. The summed E-state index contributed by atoms with van der Waals surface area (Å²) in [5.74, 6) is 0.695. The number of rotatable bonds is 8. The number of carbonyl (C=O) groups excluding carboxylic acids is 1. The molecule has 0 bridgehead atoms. The predicted molar refractivity (Wildman–Crippen MR) is 111 cm³/mol. The third kappa shape index (κ3) is 5.24. The Hall–Kier alpha value is -3.20. The van der Waals surface area contributed by atoms with Crippen molar-refractivity contribution in [2.24, 2.45) is 0 Å². The Kier molecular flexibility index (Phi) is 6.51. The third-order valence-corrected chi connectivity index (χ3v) is 6.61. The van der Waals surface area contributed by atoms with Crippen LogP contribution in [0.1, 0.15) is 30.9 Å². The van der Waals surface area contributed by atoms with E-state index in [9.17, 15) is 13.2 Å². The zero-order valence-electron chi connectivity index (χ0n) is 17.0. The lowest BCUT2D eigenvalue weighted by Crippen LogP contribution is -2.14. The zero-order valence-corrected chi connectivity index (χ0v) is 17.8. The summed E-state index contributed by atoms with van der Waals surface area (Å²) in [7, 11) is -1.75. The molecule has 3 rings (SSSR count). The lowest BCUT2D eigenvalue weighted by atomic mass is 10.1. The van der Waals surface area contributed by atoms with Crippen LogP contribution in [0, 0.1) is 0 Å². The molecule has 0 aliphatic carbocycles. The molecule has 1 amide bonds. The van der Waals surface area contributed by atoms with Crippen molar-refractivity contribution in [2.45, 2.75) is 36.8 Å². The van der Waals surface area contributed by atoms with Crippen molar-refractivity contribution in [3.63, 3.8) is 0 Å². The molecule has 30 heavy (non-hydrogen) atoms. The van der Waals surface area contributed by atoms with Gasteiger partial charge < -0.3 is 9.15 Å². The fraction of sp³-hybridized carbons (Fsp3) is 0.286. The quantitative estimate of drug-likeness (QED) is 0.586. The van der Waals surface area contributed by atoms with E-state index in [-0.39, 0.29) is 23.2 Å². The summed E-state index contributed by atoms with van der Waals surface area (Å²) in [5.41, 5.74) is 1.61. The highest BCUT2D eigenvalue weighted by molar-refractivity contribution is 7.92. The number of benzene rings is 2. The molecule has 0 unspecified atom stereocenters. The van der Waals surface area contributed by atoms with Gasteiger partial charge in [-0.3, -0.25) is 10.1 Å². The molecule has 0 fully saturated rings. The summed E-state index contributed by atoms with van der Waals surface area (Å²) in [4.78, 5) is 12.5. The number of methoxy groups -OCH3 is 1. The Bertz CT molecular complexity index is 1120. The fourth-order valence-electron chi connectivity index (χ4n) is 2.75. The molecule has 0 spiro atoms. The van der Waals surface area contributed by atoms with Gasteiger partial charge in [0.25, 0.3) is 0 Å². The Morgan fingerprint density at radius 2 is 1.83 bits per heavy atom. The molecule has 0 saturated heterocycles. The molecule has 0 aliphatic rings. The number of carbonyl (C=O) groups is 1. The Balaban J connectivity index is 1.60. The van der Waals surface area contributed by atoms with Crippen LogP contribution in [0.25, 0.3) is 0 Å². The second kappa shape index (κ2) is 9.08. The standard InChI is InChI=1S/C21H23N3O5S/c1-14(2)30(26,27)18-9-7-15(8-10-18)13-20-23-24-21(29-20)22-19(25)12-16-5-4-6-17(11-16)28-3/h4-11,14H,12-13H2,1-3H3,(H,22,24,25). The number of aromatic nitrogens is 2. The molecule has 0 aliphatic heterocycles. The van der Waals surface area contributed by atoms with Crippen molar-refractivity contribution >= 4 is 21.8 Å². The van der Waals surface area contributed by atoms with E-state index < -0.39 is 15.1 Å². The topological polar surface area (TPSA) is 111 Å². The van der Waals surface area contributed by atoms with Crippen molar-refractivity contribution in [2.75, 3.05) is 12.4 Å². The molecule has 158 valence electrons. The van der Waals surface area contributed by atoms with Crippen LogP contribution in [0.3, 0.4) is 0 Å². The molecule has 3 aromatic rings. The highest BCUT2D eigenvalue weighted by atomic mass is 32.2. The van der Waals surface area contributed by atoms with E-state index in [1.807, 2.05) is 12.1 Å². The van der Waals surface area contributed by atoms with Crippen molar-refractivity contribution < 1.29 is 22.4 Å². The first-order valence-electron chi connectivity index (χ1n) is 9.36. The van der Waals surface area contributed by atoms with Gasteiger partial charge in [0, 0.05) is 0 Å². The number of nitrogens with zero attached hydrogens (tertiary/aromatic N) is 2. The summed E-state index contributed by atoms with van der Waals surface area (Å²) in [6, 6.07) is 13.8. The number of nitrogens with one attached hydrogen (secondary N) is 1.